The van der Waals surface area contributed by atoms with Crippen LogP contribution in [0.1, 0.15) is 25.5 Å². The summed E-state index contributed by atoms with van der Waals surface area (Å²) in [6.07, 6.45) is 11.8. The van der Waals surface area contributed by atoms with Gasteiger partial charge in [0.15, 0.2) is 0 Å². The molecular weight excluding hydrogens is 390 g/mol. The molecule has 0 unspecified atom stereocenters. The highest BCUT2D eigenvalue weighted by atomic mass is 16.5. The summed E-state index contributed by atoms with van der Waals surface area (Å²) in [5.41, 5.74) is 11.5. The molecule has 2 atom stereocenters. The molecule has 4 aromatic rings. The maximum Gasteiger partial charge on any atom is 0.211 e. The van der Waals surface area contributed by atoms with E-state index in [9.17, 15) is 0 Å². The lowest BCUT2D eigenvalue weighted by molar-refractivity contribution is 0.0973. The summed E-state index contributed by atoms with van der Waals surface area (Å²) in [5.74, 6) is 0.950. The van der Waals surface area contributed by atoms with Crippen molar-refractivity contribution in [2.45, 2.75) is 38.8 Å². The first-order chi connectivity index (χ1) is 15.1. The molecule has 2 aliphatic rings. The molecule has 8 heteroatoms. The molecular formula is C23H27N7O. The van der Waals surface area contributed by atoms with Crippen molar-refractivity contribution in [2.75, 3.05) is 24.6 Å². The molecule has 2 aliphatic heterocycles. The van der Waals surface area contributed by atoms with Gasteiger partial charge in [-0.15, -0.1) is 0 Å². The number of piperidine rings is 1. The molecule has 0 aromatic carbocycles. The third-order valence-corrected chi connectivity index (χ3v) is 7.28. The largest absolute Gasteiger partial charge is 0.376 e. The van der Waals surface area contributed by atoms with Gasteiger partial charge in [0.1, 0.15) is 11.3 Å². The van der Waals surface area contributed by atoms with Crippen LogP contribution in [0.4, 0.5) is 5.95 Å². The predicted octanol–water partition coefficient (Wildman–Crippen LogP) is 2.69. The molecule has 6 heterocycles. The van der Waals surface area contributed by atoms with Gasteiger partial charge in [-0.2, -0.15) is 0 Å². The minimum atomic E-state index is 0.0958. The number of hydrogen-bond acceptors (Lipinski definition) is 6. The van der Waals surface area contributed by atoms with E-state index in [4.69, 9.17) is 20.4 Å². The van der Waals surface area contributed by atoms with Crippen molar-refractivity contribution in [1.82, 2.24) is 23.8 Å². The highest BCUT2D eigenvalue weighted by Crippen LogP contribution is 2.42. The highest BCUT2D eigenvalue weighted by molar-refractivity contribution is 5.82. The average Bonchev–Trinajstić information content (AvgIpc) is 3.50. The number of nitrogens with two attached hydrogens (primary N) is 1. The number of ether oxygens (including phenoxy) is 1. The SMILES string of the molecule is Cc1nc(N2CCC3(CC2)CO[C@@H](C)[C@H]3N)n2ccnc2c1-c1ccn2ccnc2c1. The monoisotopic (exact) mass is 417 g/mol. The molecule has 0 amide bonds. The summed E-state index contributed by atoms with van der Waals surface area (Å²) < 4.78 is 10.0. The molecule has 160 valence electrons. The number of rotatable bonds is 2. The topological polar surface area (TPSA) is 86.0 Å². The van der Waals surface area contributed by atoms with Crippen LogP contribution >= 0.6 is 0 Å². The van der Waals surface area contributed by atoms with E-state index in [1.807, 2.05) is 35.4 Å². The smallest absolute Gasteiger partial charge is 0.211 e. The average molecular weight is 418 g/mol. The first-order valence-corrected chi connectivity index (χ1v) is 10.9. The summed E-state index contributed by atoms with van der Waals surface area (Å²) >= 11 is 0. The number of pyridine rings is 1. The number of nitrogens with zero attached hydrogens (tertiary/aromatic N) is 6. The Labute approximate surface area is 180 Å². The third-order valence-electron chi connectivity index (χ3n) is 7.28. The zero-order chi connectivity index (χ0) is 21.2. The Kier molecular flexibility index (Phi) is 4.10. The van der Waals surface area contributed by atoms with Crippen molar-refractivity contribution in [3.8, 4) is 11.1 Å². The molecule has 6 rings (SSSR count). The molecule has 2 saturated heterocycles. The zero-order valence-corrected chi connectivity index (χ0v) is 17.9. The van der Waals surface area contributed by atoms with Crippen LogP contribution in [0.25, 0.3) is 22.4 Å². The number of aryl methyl sites for hydroxylation is 1. The van der Waals surface area contributed by atoms with E-state index < -0.39 is 0 Å². The first kappa shape index (κ1) is 18.8. The molecule has 0 saturated carbocycles. The van der Waals surface area contributed by atoms with Crippen LogP contribution in [0.3, 0.4) is 0 Å². The number of imidazole rings is 2. The Balaban J connectivity index is 1.37. The van der Waals surface area contributed by atoms with Crippen LogP contribution in [0.2, 0.25) is 0 Å². The molecule has 2 fully saturated rings. The van der Waals surface area contributed by atoms with E-state index in [1.54, 1.807) is 0 Å². The normalized spacial score (nSPS) is 23.4. The Morgan fingerprint density at radius 2 is 1.94 bits per heavy atom. The summed E-state index contributed by atoms with van der Waals surface area (Å²) in [6.45, 7) is 6.76. The van der Waals surface area contributed by atoms with Gasteiger partial charge in [-0.1, -0.05) is 0 Å². The lowest BCUT2D eigenvalue weighted by Crippen LogP contribution is -2.51. The summed E-state index contributed by atoms with van der Waals surface area (Å²) in [6, 6.07) is 4.30. The Bertz CT molecular complexity index is 1270. The molecule has 31 heavy (non-hydrogen) atoms. The minimum Gasteiger partial charge on any atom is -0.376 e. The molecule has 8 nitrogen and oxygen atoms in total. The van der Waals surface area contributed by atoms with Gasteiger partial charge in [-0.25, -0.2) is 15.0 Å². The van der Waals surface area contributed by atoms with Gasteiger partial charge in [-0.05, 0) is 44.4 Å². The Hall–Kier alpha value is -2.97. The standard InChI is InChI=1S/C23H27N7O/c1-15-19(17-3-8-28-11-6-25-18(28)13-17)21-26-7-12-30(21)22(27-15)29-9-4-23(5-10-29)14-31-16(2)20(23)24/h3,6-8,11-13,16,20H,4-5,9-10,14,24H2,1-2H3/t16-,20+/m0/s1. The number of fused-ring (bicyclic) bond motifs is 2. The van der Waals surface area contributed by atoms with Crippen molar-refractivity contribution in [2.24, 2.45) is 11.1 Å². The van der Waals surface area contributed by atoms with E-state index in [1.165, 1.54) is 0 Å². The molecule has 0 bridgehead atoms. The van der Waals surface area contributed by atoms with Crippen LogP contribution < -0.4 is 10.6 Å². The second-order valence-corrected chi connectivity index (χ2v) is 8.99. The lowest BCUT2D eigenvalue weighted by Gasteiger charge is -2.41. The summed E-state index contributed by atoms with van der Waals surface area (Å²) in [7, 11) is 0. The maximum absolute atomic E-state index is 6.50. The van der Waals surface area contributed by atoms with Crippen LogP contribution in [-0.4, -0.2) is 55.6 Å². The van der Waals surface area contributed by atoms with Gasteiger partial charge in [0.2, 0.25) is 5.95 Å². The molecule has 0 aliphatic carbocycles. The van der Waals surface area contributed by atoms with Crippen molar-refractivity contribution < 1.29 is 4.74 Å². The van der Waals surface area contributed by atoms with Gasteiger partial charge in [0, 0.05) is 61.1 Å². The van der Waals surface area contributed by atoms with Gasteiger partial charge in [0.25, 0.3) is 0 Å². The number of hydrogen-bond donors (Lipinski definition) is 1. The fraction of sp³-hybridized carbons (Fsp3) is 0.435. The van der Waals surface area contributed by atoms with Crippen molar-refractivity contribution in [3.63, 3.8) is 0 Å². The lowest BCUT2D eigenvalue weighted by atomic mass is 9.73. The molecule has 2 N–H and O–H groups in total. The van der Waals surface area contributed by atoms with Crippen LogP contribution in [0.15, 0.2) is 43.1 Å². The number of aromatic nitrogens is 5. The quantitative estimate of drug-likeness (QED) is 0.540. The Morgan fingerprint density at radius 1 is 1.13 bits per heavy atom. The van der Waals surface area contributed by atoms with Crippen molar-refractivity contribution >= 4 is 17.2 Å². The van der Waals surface area contributed by atoms with E-state index in [0.29, 0.717) is 0 Å². The van der Waals surface area contributed by atoms with E-state index in [-0.39, 0.29) is 17.6 Å². The van der Waals surface area contributed by atoms with Crippen LogP contribution in [0, 0.1) is 12.3 Å². The zero-order valence-electron chi connectivity index (χ0n) is 17.9. The second kappa shape index (κ2) is 6.77. The third kappa shape index (κ3) is 2.78. The first-order valence-electron chi connectivity index (χ1n) is 10.9. The van der Waals surface area contributed by atoms with Crippen LogP contribution in [-0.2, 0) is 4.74 Å². The highest BCUT2D eigenvalue weighted by Gasteiger charge is 2.47. The molecule has 4 aromatic heterocycles. The fourth-order valence-electron chi connectivity index (χ4n) is 5.32. The van der Waals surface area contributed by atoms with Gasteiger partial charge < -0.3 is 19.8 Å². The predicted molar refractivity (Wildman–Crippen MR) is 119 cm³/mol. The summed E-state index contributed by atoms with van der Waals surface area (Å²) in [5, 5.41) is 0. The van der Waals surface area contributed by atoms with Crippen LogP contribution in [0.5, 0.6) is 0 Å². The molecule has 1 spiro atoms. The van der Waals surface area contributed by atoms with E-state index in [2.05, 4.69) is 40.3 Å². The van der Waals surface area contributed by atoms with Crippen molar-refractivity contribution in [3.05, 3.63) is 48.8 Å². The fourth-order valence-corrected chi connectivity index (χ4v) is 5.32. The second-order valence-electron chi connectivity index (χ2n) is 8.99. The van der Waals surface area contributed by atoms with Gasteiger partial charge in [-0.3, -0.25) is 4.40 Å². The van der Waals surface area contributed by atoms with E-state index >= 15 is 0 Å². The molecule has 0 radical (unpaired) electrons. The Morgan fingerprint density at radius 3 is 2.71 bits per heavy atom. The van der Waals surface area contributed by atoms with Gasteiger partial charge >= 0.3 is 0 Å². The summed E-state index contributed by atoms with van der Waals surface area (Å²) in [4.78, 5) is 16.5. The minimum absolute atomic E-state index is 0.0958. The van der Waals surface area contributed by atoms with Gasteiger partial charge in [0.05, 0.1) is 18.4 Å². The maximum atomic E-state index is 6.50. The van der Waals surface area contributed by atoms with Crippen molar-refractivity contribution in [1.29, 1.82) is 0 Å². The van der Waals surface area contributed by atoms with E-state index in [0.717, 1.165) is 66.6 Å². The number of anilines is 1.